The van der Waals surface area contributed by atoms with Crippen LogP contribution in [0.4, 0.5) is 0 Å². The van der Waals surface area contributed by atoms with E-state index in [1.54, 1.807) is 0 Å². The Kier molecular flexibility index (Phi) is 4.66. The number of aliphatic hydroxyl groups is 5. The third-order valence-corrected chi connectivity index (χ3v) is 1.69. The Labute approximate surface area is 70.9 Å². The average molecular weight is 180 g/mol. The molecule has 0 aromatic carbocycles. The predicted molar refractivity (Wildman–Crippen MR) is 41.4 cm³/mol. The van der Waals surface area contributed by atoms with Crippen LogP contribution in [-0.2, 0) is 0 Å². The lowest BCUT2D eigenvalue weighted by atomic mass is 10.0. The lowest BCUT2D eigenvalue weighted by Gasteiger charge is -2.26. The van der Waals surface area contributed by atoms with E-state index in [0.29, 0.717) is 0 Å². The molecule has 5 nitrogen and oxygen atoms in total. The third-order valence-electron chi connectivity index (χ3n) is 1.69. The van der Waals surface area contributed by atoms with Gasteiger partial charge in [-0.25, -0.2) is 0 Å². The molecule has 74 valence electrons. The van der Waals surface area contributed by atoms with E-state index in [9.17, 15) is 0 Å². The van der Waals surface area contributed by atoms with Crippen LogP contribution in [0.1, 0.15) is 13.8 Å². The third kappa shape index (κ3) is 3.04. The molecule has 0 radical (unpaired) electrons. The van der Waals surface area contributed by atoms with Crippen molar-refractivity contribution in [2.45, 2.75) is 44.4 Å². The van der Waals surface area contributed by atoms with Crippen LogP contribution in [0.15, 0.2) is 0 Å². The Balaban J connectivity index is 4.08. The van der Waals surface area contributed by atoms with Crippen molar-refractivity contribution in [2.75, 3.05) is 0 Å². The quantitative estimate of drug-likeness (QED) is 0.339. The van der Waals surface area contributed by atoms with E-state index in [-0.39, 0.29) is 0 Å². The number of hydrogen-bond acceptors (Lipinski definition) is 5. The molecule has 0 aliphatic carbocycles. The van der Waals surface area contributed by atoms with Crippen molar-refractivity contribution in [3.05, 3.63) is 0 Å². The molecule has 5 N–H and O–H groups in total. The summed E-state index contributed by atoms with van der Waals surface area (Å²) in [5.41, 5.74) is 0. The molecule has 12 heavy (non-hydrogen) atoms. The highest BCUT2D eigenvalue weighted by Gasteiger charge is 2.30. The lowest BCUT2D eigenvalue weighted by Crippen LogP contribution is -2.47. The molecule has 0 aromatic heterocycles. The predicted octanol–water partition coefficient (Wildman–Crippen LogP) is -2.17. The van der Waals surface area contributed by atoms with Gasteiger partial charge in [-0.15, -0.1) is 0 Å². The van der Waals surface area contributed by atoms with Crippen LogP contribution in [0.25, 0.3) is 0 Å². The molecule has 5 atom stereocenters. The van der Waals surface area contributed by atoms with Crippen LogP contribution in [0.2, 0.25) is 0 Å². The Morgan fingerprint density at radius 1 is 0.583 bits per heavy atom. The van der Waals surface area contributed by atoms with E-state index >= 15 is 0 Å². The molecule has 0 aliphatic heterocycles. The van der Waals surface area contributed by atoms with Crippen LogP contribution < -0.4 is 0 Å². The Morgan fingerprint density at radius 3 is 1.00 bits per heavy atom. The summed E-state index contributed by atoms with van der Waals surface area (Å²) in [5, 5.41) is 44.8. The molecule has 0 heterocycles. The second-order valence-electron chi connectivity index (χ2n) is 2.95. The van der Waals surface area contributed by atoms with E-state index in [4.69, 9.17) is 25.5 Å². The molecular weight excluding hydrogens is 164 g/mol. The summed E-state index contributed by atoms with van der Waals surface area (Å²) in [6.07, 6.45) is -6.73. The topological polar surface area (TPSA) is 101 Å². The summed E-state index contributed by atoms with van der Waals surface area (Å²) in [4.78, 5) is 0. The van der Waals surface area contributed by atoms with Gasteiger partial charge in [0.15, 0.2) is 0 Å². The van der Waals surface area contributed by atoms with Gasteiger partial charge in [-0.1, -0.05) is 0 Å². The lowest BCUT2D eigenvalue weighted by molar-refractivity contribution is -0.127. The Morgan fingerprint density at radius 2 is 0.833 bits per heavy atom. The van der Waals surface area contributed by atoms with Crippen LogP contribution in [0, 0.1) is 0 Å². The van der Waals surface area contributed by atoms with E-state index < -0.39 is 30.5 Å². The van der Waals surface area contributed by atoms with Gasteiger partial charge >= 0.3 is 0 Å². The molecule has 0 fully saturated rings. The van der Waals surface area contributed by atoms with E-state index in [1.807, 2.05) is 0 Å². The van der Waals surface area contributed by atoms with Crippen molar-refractivity contribution in [1.29, 1.82) is 0 Å². The minimum Gasteiger partial charge on any atom is -0.391 e. The molecule has 0 aliphatic rings. The van der Waals surface area contributed by atoms with Crippen molar-refractivity contribution in [3.8, 4) is 0 Å². The standard InChI is InChI=1S/C7H16O5/c1-3(8)5(10)7(12)6(11)4(2)9/h3-12H,1-2H3/t3-,4?,5-,6+,7?/m0/s1. The molecule has 0 aromatic rings. The zero-order chi connectivity index (χ0) is 9.89. The zero-order valence-corrected chi connectivity index (χ0v) is 7.12. The molecule has 0 amide bonds. The fourth-order valence-corrected chi connectivity index (χ4v) is 0.773. The highest BCUT2D eigenvalue weighted by atomic mass is 16.4. The van der Waals surface area contributed by atoms with Gasteiger partial charge in [-0.3, -0.25) is 0 Å². The van der Waals surface area contributed by atoms with Crippen molar-refractivity contribution in [2.24, 2.45) is 0 Å². The normalized spacial score (nSPS) is 24.2. The second-order valence-corrected chi connectivity index (χ2v) is 2.95. The fourth-order valence-electron chi connectivity index (χ4n) is 0.773. The van der Waals surface area contributed by atoms with Gasteiger partial charge in [-0.05, 0) is 13.8 Å². The highest BCUT2D eigenvalue weighted by molar-refractivity contribution is 4.81. The van der Waals surface area contributed by atoms with E-state index in [0.717, 1.165) is 0 Å². The van der Waals surface area contributed by atoms with E-state index in [2.05, 4.69) is 0 Å². The van der Waals surface area contributed by atoms with Gasteiger partial charge in [0.05, 0.1) is 12.2 Å². The van der Waals surface area contributed by atoms with Crippen LogP contribution in [0.3, 0.4) is 0 Å². The maximum Gasteiger partial charge on any atom is 0.111 e. The van der Waals surface area contributed by atoms with Gasteiger partial charge < -0.3 is 25.5 Å². The first-order valence-corrected chi connectivity index (χ1v) is 3.78. The van der Waals surface area contributed by atoms with Crippen LogP contribution in [0.5, 0.6) is 0 Å². The first kappa shape index (κ1) is 11.8. The SMILES string of the molecule is CC(O)[C@@H](O)C(O)[C@@H](O)[C@H](C)O. The van der Waals surface area contributed by atoms with Crippen LogP contribution in [-0.4, -0.2) is 56.1 Å². The smallest absolute Gasteiger partial charge is 0.111 e. The molecule has 0 saturated heterocycles. The zero-order valence-electron chi connectivity index (χ0n) is 7.12. The van der Waals surface area contributed by atoms with Gasteiger partial charge in [0, 0.05) is 0 Å². The average Bonchev–Trinajstić information content (AvgIpc) is 2.00. The molecule has 5 heteroatoms. The highest BCUT2D eigenvalue weighted by Crippen LogP contribution is 2.07. The van der Waals surface area contributed by atoms with Gasteiger partial charge in [0.25, 0.3) is 0 Å². The maximum absolute atomic E-state index is 9.11. The molecule has 0 spiro atoms. The van der Waals surface area contributed by atoms with Crippen LogP contribution >= 0.6 is 0 Å². The first-order chi connectivity index (χ1) is 5.37. The summed E-state index contributed by atoms with van der Waals surface area (Å²) in [6.45, 7) is 2.56. The summed E-state index contributed by atoms with van der Waals surface area (Å²) in [7, 11) is 0. The summed E-state index contributed by atoms with van der Waals surface area (Å²) < 4.78 is 0. The molecule has 0 saturated carbocycles. The second kappa shape index (κ2) is 4.74. The van der Waals surface area contributed by atoms with Crippen molar-refractivity contribution in [1.82, 2.24) is 0 Å². The van der Waals surface area contributed by atoms with Gasteiger partial charge in [0.1, 0.15) is 18.3 Å². The summed E-state index contributed by atoms with van der Waals surface area (Å²) in [5.74, 6) is 0. The first-order valence-electron chi connectivity index (χ1n) is 3.78. The Bertz CT molecular complexity index is 111. The van der Waals surface area contributed by atoms with Gasteiger partial charge in [-0.2, -0.15) is 0 Å². The molecular formula is C7H16O5. The minimum atomic E-state index is -1.54. The van der Waals surface area contributed by atoms with Crippen molar-refractivity contribution < 1.29 is 25.5 Å². The summed E-state index contributed by atoms with van der Waals surface area (Å²) >= 11 is 0. The maximum atomic E-state index is 9.11. The van der Waals surface area contributed by atoms with Gasteiger partial charge in [0.2, 0.25) is 0 Å². The number of hydrogen-bond donors (Lipinski definition) is 5. The molecule has 2 unspecified atom stereocenters. The van der Waals surface area contributed by atoms with Crippen molar-refractivity contribution >= 4 is 0 Å². The molecule has 0 rings (SSSR count). The fraction of sp³-hybridized carbons (Fsp3) is 1.00. The number of rotatable bonds is 4. The monoisotopic (exact) mass is 180 g/mol. The largest absolute Gasteiger partial charge is 0.391 e. The van der Waals surface area contributed by atoms with E-state index in [1.165, 1.54) is 13.8 Å². The Hall–Kier alpha value is -0.200. The number of aliphatic hydroxyl groups excluding tert-OH is 5. The molecule has 0 bridgehead atoms. The van der Waals surface area contributed by atoms with Crippen molar-refractivity contribution in [3.63, 3.8) is 0 Å². The summed E-state index contributed by atoms with van der Waals surface area (Å²) in [6, 6.07) is 0. The minimum absolute atomic E-state index is 1.15.